The Bertz CT molecular complexity index is 857. The van der Waals surface area contributed by atoms with Crippen LogP contribution in [0.2, 0.25) is 0 Å². The van der Waals surface area contributed by atoms with Crippen molar-refractivity contribution in [1.82, 2.24) is 15.8 Å². The van der Waals surface area contributed by atoms with Crippen LogP contribution in [0.1, 0.15) is 31.1 Å². The summed E-state index contributed by atoms with van der Waals surface area (Å²) in [5.74, 6) is -1.72. The molecule has 0 aliphatic carbocycles. The molecule has 1 aliphatic rings. The molecule has 26 heavy (non-hydrogen) atoms. The predicted molar refractivity (Wildman–Crippen MR) is 90.4 cm³/mol. The highest BCUT2D eigenvalue weighted by atomic mass is 16.5. The van der Waals surface area contributed by atoms with Crippen molar-refractivity contribution in [3.63, 3.8) is 0 Å². The first-order chi connectivity index (χ1) is 12.5. The minimum absolute atomic E-state index is 0.257. The van der Waals surface area contributed by atoms with Gasteiger partial charge in [-0.05, 0) is 36.4 Å². The van der Waals surface area contributed by atoms with Crippen LogP contribution in [0.5, 0.6) is 5.75 Å². The van der Waals surface area contributed by atoms with Crippen molar-refractivity contribution in [1.29, 1.82) is 0 Å². The maximum absolute atomic E-state index is 12.2. The third-order valence-corrected chi connectivity index (χ3v) is 3.85. The van der Waals surface area contributed by atoms with Crippen molar-refractivity contribution < 1.29 is 23.9 Å². The Hall–Kier alpha value is -3.68. The van der Waals surface area contributed by atoms with Gasteiger partial charge in [0.1, 0.15) is 12.3 Å². The molecule has 0 unspecified atom stereocenters. The van der Waals surface area contributed by atoms with Crippen LogP contribution in [-0.4, -0.2) is 42.2 Å². The summed E-state index contributed by atoms with van der Waals surface area (Å²) in [4.78, 5) is 49.2. The average molecular weight is 353 g/mol. The topological polar surface area (TPSA) is 105 Å². The Labute approximate surface area is 148 Å². The number of benzene rings is 2. The van der Waals surface area contributed by atoms with E-state index < -0.39 is 30.2 Å². The number of hydrazine groups is 1. The first kappa shape index (κ1) is 17.2. The fourth-order valence-corrected chi connectivity index (χ4v) is 2.51. The fourth-order valence-electron chi connectivity index (χ4n) is 2.51. The van der Waals surface area contributed by atoms with Crippen LogP contribution in [0.25, 0.3) is 0 Å². The Morgan fingerprint density at radius 2 is 1.50 bits per heavy atom. The normalized spacial score (nSPS) is 12.6. The van der Waals surface area contributed by atoms with Crippen molar-refractivity contribution in [2.75, 3.05) is 13.7 Å². The standard InChI is InChI=1S/C18H15N3O5/c1-26-12-8-6-11(7-9-12)16(23)20-19-15(22)10-21-17(24)13-4-2-3-5-14(13)18(21)25/h2-9H,10H2,1H3,(H,19,22)(H,20,23). The number of ether oxygens (including phenoxy) is 1. The van der Waals surface area contributed by atoms with E-state index in [9.17, 15) is 19.2 Å². The molecule has 1 aliphatic heterocycles. The van der Waals surface area contributed by atoms with Crippen LogP contribution in [0.15, 0.2) is 48.5 Å². The summed E-state index contributed by atoms with van der Waals surface area (Å²) in [5.41, 5.74) is 5.25. The molecule has 132 valence electrons. The number of amides is 4. The highest BCUT2D eigenvalue weighted by Gasteiger charge is 2.36. The Kier molecular flexibility index (Phi) is 4.66. The first-order valence-electron chi connectivity index (χ1n) is 7.69. The Balaban J connectivity index is 1.57. The summed E-state index contributed by atoms with van der Waals surface area (Å²) < 4.78 is 5.00. The van der Waals surface area contributed by atoms with Gasteiger partial charge < -0.3 is 4.74 Å². The monoisotopic (exact) mass is 353 g/mol. The molecule has 0 spiro atoms. The van der Waals surface area contributed by atoms with E-state index in [4.69, 9.17) is 4.74 Å². The second-order valence-electron chi connectivity index (χ2n) is 5.47. The minimum Gasteiger partial charge on any atom is -0.497 e. The third-order valence-electron chi connectivity index (χ3n) is 3.85. The van der Waals surface area contributed by atoms with E-state index in [0.717, 1.165) is 4.90 Å². The van der Waals surface area contributed by atoms with Gasteiger partial charge in [-0.1, -0.05) is 12.1 Å². The van der Waals surface area contributed by atoms with Crippen LogP contribution in [-0.2, 0) is 4.79 Å². The number of hydrogen-bond donors (Lipinski definition) is 2. The van der Waals surface area contributed by atoms with Crippen LogP contribution >= 0.6 is 0 Å². The van der Waals surface area contributed by atoms with E-state index in [0.29, 0.717) is 11.3 Å². The van der Waals surface area contributed by atoms with Gasteiger partial charge in [-0.3, -0.25) is 34.9 Å². The molecular weight excluding hydrogens is 338 g/mol. The van der Waals surface area contributed by atoms with Gasteiger partial charge in [-0.2, -0.15) is 0 Å². The van der Waals surface area contributed by atoms with Gasteiger partial charge in [0.05, 0.1) is 18.2 Å². The van der Waals surface area contributed by atoms with E-state index in [2.05, 4.69) is 10.9 Å². The van der Waals surface area contributed by atoms with Crippen LogP contribution < -0.4 is 15.6 Å². The number of nitrogens with one attached hydrogen (secondary N) is 2. The highest BCUT2D eigenvalue weighted by Crippen LogP contribution is 2.21. The molecule has 1 heterocycles. The van der Waals surface area contributed by atoms with Gasteiger partial charge >= 0.3 is 0 Å². The first-order valence-corrected chi connectivity index (χ1v) is 7.69. The minimum atomic E-state index is -0.693. The van der Waals surface area contributed by atoms with E-state index in [1.807, 2.05) is 0 Å². The lowest BCUT2D eigenvalue weighted by molar-refractivity contribution is -0.122. The van der Waals surface area contributed by atoms with Crippen molar-refractivity contribution in [3.8, 4) is 5.75 Å². The lowest BCUT2D eigenvalue weighted by Gasteiger charge is -2.14. The highest BCUT2D eigenvalue weighted by molar-refractivity contribution is 6.22. The summed E-state index contributed by atoms with van der Waals surface area (Å²) in [6, 6.07) is 12.6. The average Bonchev–Trinajstić information content (AvgIpc) is 2.91. The zero-order chi connectivity index (χ0) is 18.7. The van der Waals surface area contributed by atoms with Gasteiger partial charge in [0.2, 0.25) is 0 Å². The van der Waals surface area contributed by atoms with E-state index >= 15 is 0 Å². The number of fused-ring (bicyclic) bond motifs is 1. The van der Waals surface area contributed by atoms with Gasteiger partial charge in [-0.25, -0.2) is 0 Å². The molecule has 0 radical (unpaired) electrons. The molecule has 0 bridgehead atoms. The van der Waals surface area contributed by atoms with Gasteiger partial charge in [0.25, 0.3) is 23.6 Å². The zero-order valence-corrected chi connectivity index (χ0v) is 13.8. The smallest absolute Gasteiger partial charge is 0.269 e. The molecule has 0 saturated carbocycles. The molecule has 2 aromatic rings. The number of rotatable bonds is 4. The maximum atomic E-state index is 12.2. The van der Waals surface area contributed by atoms with E-state index in [1.54, 1.807) is 24.3 Å². The maximum Gasteiger partial charge on any atom is 0.269 e. The number of nitrogens with zero attached hydrogens (tertiary/aromatic N) is 1. The number of carbonyl (C=O) groups excluding carboxylic acids is 4. The van der Waals surface area contributed by atoms with E-state index in [-0.39, 0.29) is 11.1 Å². The second kappa shape index (κ2) is 7.06. The van der Waals surface area contributed by atoms with Crippen LogP contribution in [0.3, 0.4) is 0 Å². The molecule has 0 aromatic heterocycles. The summed E-state index contributed by atoms with van der Waals surface area (Å²) in [5, 5.41) is 0. The van der Waals surface area contributed by atoms with Crippen molar-refractivity contribution in [2.24, 2.45) is 0 Å². The zero-order valence-electron chi connectivity index (χ0n) is 13.8. The molecule has 8 nitrogen and oxygen atoms in total. The van der Waals surface area contributed by atoms with Gasteiger partial charge in [-0.15, -0.1) is 0 Å². The lowest BCUT2D eigenvalue weighted by atomic mass is 10.1. The molecule has 2 aromatic carbocycles. The molecule has 4 amide bonds. The van der Waals surface area contributed by atoms with E-state index in [1.165, 1.54) is 31.4 Å². The fraction of sp³-hybridized carbons (Fsp3) is 0.111. The third kappa shape index (κ3) is 3.25. The summed E-state index contributed by atoms with van der Waals surface area (Å²) in [6.45, 7) is -0.491. The molecule has 0 atom stereocenters. The molecule has 0 saturated heterocycles. The van der Waals surface area contributed by atoms with Gasteiger partial charge in [0, 0.05) is 5.56 Å². The second-order valence-corrected chi connectivity index (χ2v) is 5.47. The molecule has 8 heteroatoms. The number of carbonyl (C=O) groups is 4. The number of methoxy groups -OCH3 is 1. The predicted octanol–water partition coefficient (Wildman–Crippen LogP) is 0.752. The van der Waals surface area contributed by atoms with Crippen molar-refractivity contribution in [3.05, 3.63) is 65.2 Å². The summed E-state index contributed by atoms with van der Waals surface area (Å²) >= 11 is 0. The summed E-state index contributed by atoms with van der Waals surface area (Å²) in [6.07, 6.45) is 0. The molecular formula is C18H15N3O5. The van der Waals surface area contributed by atoms with Crippen LogP contribution in [0.4, 0.5) is 0 Å². The molecule has 2 N–H and O–H groups in total. The Morgan fingerprint density at radius 1 is 0.923 bits per heavy atom. The quantitative estimate of drug-likeness (QED) is 0.623. The molecule has 0 fully saturated rings. The number of hydrogen-bond acceptors (Lipinski definition) is 5. The van der Waals surface area contributed by atoms with Gasteiger partial charge in [0.15, 0.2) is 0 Å². The lowest BCUT2D eigenvalue weighted by Crippen LogP contribution is -2.47. The largest absolute Gasteiger partial charge is 0.497 e. The van der Waals surface area contributed by atoms with Crippen molar-refractivity contribution in [2.45, 2.75) is 0 Å². The summed E-state index contributed by atoms with van der Waals surface area (Å²) in [7, 11) is 1.51. The molecule has 3 rings (SSSR count). The van der Waals surface area contributed by atoms with Crippen LogP contribution in [0, 0.1) is 0 Å². The SMILES string of the molecule is COc1ccc(C(=O)NNC(=O)CN2C(=O)c3ccccc3C2=O)cc1. The Morgan fingerprint density at radius 3 is 2.04 bits per heavy atom. The number of imide groups is 1. The van der Waals surface area contributed by atoms with Crippen molar-refractivity contribution >= 4 is 23.6 Å².